The van der Waals surface area contributed by atoms with Gasteiger partial charge in [0.1, 0.15) is 5.60 Å². The number of carbonyl (C=O) groups excluding carboxylic acids is 1. The molecule has 31 heavy (non-hydrogen) atoms. The second-order valence-electron chi connectivity index (χ2n) is 9.16. The quantitative estimate of drug-likeness (QED) is 0.609. The molecule has 0 N–H and O–H groups in total. The van der Waals surface area contributed by atoms with Gasteiger partial charge in [-0.1, -0.05) is 18.2 Å². The van der Waals surface area contributed by atoms with Gasteiger partial charge in [0.25, 0.3) is 0 Å². The van der Waals surface area contributed by atoms with E-state index in [1.54, 1.807) is 12.3 Å². The zero-order valence-electron chi connectivity index (χ0n) is 18.1. The number of likely N-dealkylation sites (tertiary alicyclic amines) is 1. The van der Waals surface area contributed by atoms with Crippen molar-refractivity contribution in [3.63, 3.8) is 0 Å². The van der Waals surface area contributed by atoms with Crippen molar-refractivity contribution in [2.24, 2.45) is 11.8 Å². The van der Waals surface area contributed by atoms with Crippen molar-refractivity contribution in [1.29, 1.82) is 0 Å². The molecule has 4 aliphatic rings. The van der Waals surface area contributed by atoms with Crippen LogP contribution in [-0.2, 0) is 9.47 Å². The van der Waals surface area contributed by atoms with Crippen LogP contribution in [0.15, 0.2) is 58.5 Å². The Morgan fingerprint density at radius 1 is 1.35 bits per heavy atom. The number of esters is 1. The van der Waals surface area contributed by atoms with Gasteiger partial charge in [0, 0.05) is 55.4 Å². The Labute approximate surface area is 191 Å². The number of ether oxygens (including phenoxy) is 2. The van der Waals surface area contributed by atoms with Crippen molar-refractivity contribution < 1.29 is 14.3 Å². The largest absolute Gasteiger partial charge is 0.462 e. The summed E-state index contributed by atoms with van der Waals surface area (Å²) in [6, 6.07) is 2.39. The molecule has 0 amide bonds. The van der Waals surface area contributed by atoms with E-state index in [0.717, 1.165) is 23.9 Å². The molecule has 5 rings (SSSR count). The van der Waals surface area contributed by atoms with Crippen LogP contribution in [-0.4, -0.2) is 72.8 Å². The summed E-state index contributed by atoms with van der Waals surface area (Å²) in [5.74, 6) is 0.241. The zero-order valence-corrected chi connectivity index (χ0v) is 19.7. The number of hydrogen-bond acceptors (Lipinski definition) is 6. The maximum atomic E-state index is 12.6. The van der Waals surface area contributed by atoms with Gasteiger partial charge in [0.05, 0.1) is 18.2 Å². The topological polar surface area (TPSA) is 54.9 Å². The van der Waals surface area contributed by atoms with Gasteiger partial charge in [0.15, 0.2) is 0 Å². The van der Waals surface area contributed by atoms with E-state index in [1.165, 1.54) is 17.3 Å². The molecule has 6 nitrogen and oxygen atoms in total. The molecule has 0 spiro atoms. The number of allylic oxidation sites excluding steroid dienone is 2. The van der Waals surface area contributed by atoms with Gasteiger partial charge in [-0.3, -0.25) is 9.88 Å². The minimum absolute atomic E-state index is 0.195. The van der Waals surface area contributed by atoms with E-state index >= 15 is 0 Å². The lowest BCUT2D eigenvalue weighted by Crippen LogP contribution is -2.64. The van der Waals surface area contributed by atoms with Crippen LogP contribution in [0.1, 0.15) is 23.2 Å². The molecule has 0 unspecified atom stereocenters. The molecule has 0 radical (unpaired) electrons. The SMILES string of the molecule is CO[C@]12C[C@@H](COC(=O)c3cncc(Br)c3)CN(C)[C@@H]1CC1=CN(C)[C@H]3C=CC=C2[C@@H]13. The molecule has 0 aromatic carbocycles. The highest BCUT2D eigenvalue weighted by Crippen LogP contribution is 2.54. The minimum Gasteiger partial charge on any atom is -0.462 e. The van der Waals surface area contributed by atoms with Crippen molar-refractivity contribution in [3.05, 3.63) is 64.1 Å². The maximum Gasteiger partial charge on any atom is 0.339 e. The molecule has 2 aliphatic carbocycles. The van der Waals surface area contributed by atoms with E-state index in [9.17, 15) is 4.79 Å². The predicted molar refractivity (Wildman–Crippen MR) is 121 cm³/mol. The van der Waals surface area contributed by atoms with Gasteiger partial charge < -0.3 is 14.4 Å². The molecule has 1 aromatic rings. The highest BCUT2D eigenvalue weighted by Gasteiger charge is 2.57. The van der Waals surface area contributed by atoms with Crippen LogP contribution in [0.5, 0.6) is 0 Å². The van der Waals surface area contributed by atoms with Gasteiger partial charge in [-0.05, 0) is 59.2 Å². The summed E-state index contributed by atoms with van der Waals surface area (Å²) in [4.78, 5) is 21.3. The molecule has 3 heterocycles. The summed E-state index contributed by atoms with van der Waals surface area (Å²) in [6.07, 6.45) is 14.1. The fourth-order valence-electron chi connectivity index (χ4n) is 6.10. The van der Waals surface area contributed by atoms with E-state index in [4.69, 9.17) is 9.47 Å². The number of likely N-dealkylation sites (N-methyl/N-ethyl adjacent to an activating group) is 2. The predicted octanol–water partition coefficient (Wildman–Crippen LogP) is 3.42. The Morgan fingerprint density at radius 3 is 2.97 bits per heavy atom. The maximum absolute atomic E-state index is 12.6. The number of pyridine rings is 1. The summed E-state index contributed by atoms with van der Waals surface area (Å²) < 4.78 is 12.9. The third-order valence-electron chi connectivity index (χ3n) is 7.38. The summed E-state index contributed by atoms with van der Waals surface area (Å²) in [5.41, 5.74) is 2.97. The minimum atomic E-state index is -0.363. The molecular formula is C24H28BrN3O3. The lowest BCUT2D eigenvalue weighted by Gasteiger charge is -2.57. The van der Waals surface area contributed by atoms with Gasteiger partial charge in [-0.15, -0.1) is 0 Å². The first kappa shape index (κ1) is 20.9. The number of fused-ring (bicyclic) bond motifs is 2. The molecule has 2 fully saturated rings. The van der Waals surface area contributed by atoms with E-state index in [0.29, 0.717) is 24.1 Å². The first-order chi connectivity index (χ1) is 14.9. The van der Waals surface area contributed by atoms with Crippen LogP contribution in [0, 0.1) is 11.8 Å². The molecule has 5 atom stereocenters. The molecule has 1 aromatic heterocycles. The summed E-state index contributed by atoms with van der Waals surface area (Å²) in [6.45, 7) is 1.24. The average molecular weight is 486 g/mol. The van der Waals surface area contributed by atoms with Crippen LogP contribution < -0.4 is 0 Å². The molecule has 1 saturated heterocycles. The highest BCUT2D eigenvalue weighted by atomic mass is 79.9. The van der Waals surface area contributed by atoms with E-state index < -0.39 is 0 Å². The van der Waals surface area contributed by atoms with Gasteiger partial charge in [-0.2, -0.15) is 0 Å². The van der Waals surface area contributed by atoms with Crippen molar-refractivity contribution in [2.75, 3.05) is 34.4 Å². The number of methoxy groups -OCH3 is 1. The summed E-state index contributed by atoms with van der Waals surface area (Å²) in [7, 11) is 6.17. The fourth-order valence-corrected chi connectivity index (χ4v) is 6.46. The Kier molecular flexibility index (Phi) is 5.31. The first-order valence-corrected chi connectivity index (χ1v) is 11.6. The second-order valence-corrected chi connectivity index (χ2v) is 10.1. The third-order valence-corrected chi connectivity index (χ3v) is 7.81. The Morgan fingerprint density at radius 2 is 2.19 bits per heavy atom. The van der Waals surface area contributed by atoms with E-state index in [-0.39, 0.29) is 23.5 Å². The second kappa shape index (κ2) is 7.87. The Bertz CT molecular complexity index is 990. The van der Waals surface area contributed by atoms with Crippen LogP contribution >= 0.6 is 15.9 Å². The van der Waals surface area contributed by atoms with Crippen molar-refractivity contribution >= 4 is 21.9 Å². The molecule has 0 bridgehead atoms. The smallest absolute Gasteiger partial charge is 0.339 e. The lowest BCUT2D eigenvalue weighted by molar-refractivity contribution is -0.111. The standard InChI is InChI=1S/C24H28BrN3O3/c1-27-13-17-8-21-24(30-3,19-5-4-6-20(27)22(17)19)9-15(12-28(21)2)14-31-23(29)16-7-18(25)11-26-10-16/h4-7,10-11,13,15,20-22H,8-9,12,14H2,1-3H3/t15-,20+,21-,22-,24+/m1/s1. The Hall–Kier alpha value is -1.96. The monoisotopic (exact) mass is 485 g/mol. The average Bonchev–Trinajstić information content (AvgIpc) is 3.09. The number of rotatable bonds is 4. The molecule has 1 saturated carbocycles. The lowest BCUT2D eigenvalue weighted by atomic mass is 9.61. The van der Waals surface area contributed by atoms with Gasteiger partial charge in [0.2, 0.25) is 0 Å². The molecule has 2 aliphatic heterocycles. The van der Waals surface area contributed by atoms with Crippen LogP contribution in [0.3, 0.4) is 0 Å². The molecule has 7 heteroatoms. The molecular weight excluding hydrogens is 458 g/mol. The zero-order chi connectivity index (χ0) is 21.8. The van der Waals surface area contributed by atoms with Crippen molar-refractivity contribution in [3.8, 4) is 0 Å². The Balaban J connectivity index is 1.38. The number of hydrogen-bond donors (Lipinski definition) is 0. The first-order valence-electron chi connectivity index (χ1n) is 10.8. The van der Waals surface area contributed by atoms with E-state index in [1.807, 2.05) is 7.11 Å². The normalized spacial score (nSPS) is 34.0. The van der Waals surface area contributed by atoms with E-state index in [2.05, 4.69) is 69.2 Å². The van der Waals surface area contributed by atoms with Gasteiger partial charge >= 0.3 is 5.97 Å². The number of nitrogens with zero attached hydrogens (tertiary/aromatic N) is 3. The third kappa shape index (κ3) is 3.38. The van der Waals surface area contributed by atoms with Crippen molar-refractivity contribution in [2.45, 2.75) is 30.5 Å². The number of carbonyl (C=O) groups is 1. The van der Waals surface area contributed by atoms with Crippen LogP contribution in [0.2, 0.25) is 0 Å². The summed E-state index contributed by atoms with van der Waals surface area (Å²) >= 11 is 3.36. The fraction of sp³-hybridized carbons (Fsp3) is 0.500. The number of piperidine rings is 1. The van der Waals surface area contributed by atoms with Gasteiger partial charge in [-0.25, -0.2) is 4.79 Å². The van der Waals surface area contributed by atoms with Crippen molar-refractivity contribution in [1.82, 2.24) is 14.8 Å². The number of halogens is 1. The molecule has 164 valence electrons. The summed E-state index contributed by atoms with van der Waals surface area (Å²) in [5, 5.41) is 0. The number of aromatic nitrogens is 1. The van der Waals surface area contributed by atoms with Crippen LogP contribution in [0.4, 0.5) is 0 Å². The highest BCUT2D eigenvalue weighted by molar-refractivity contribution is 9.10. The van der Waals surface area contributed by atoms with Crippen LogP contribution in [0.25, 0.3) is 0 Å².